The van der Waals surface area contributed by atoms with Crippen LogP contribution in [0.25, 0.3) is 11.3 Å². The lowest BCUT2D eigenvalue weighted by Gasteiger charge is -2.05. The maximum absolute atomic E-state index is 4.36. The summed E-state index contributed by atoms with van der Waals surface area (Å²) in [4.78, 5) is 4.36. The fourth-order valence-electron chi connectivity index (χ4n) is 1.38. The molecule has 0 aromatic carbocycles. The standard InChI is InChI=1S/C12H14N2S/c1-2-5-13-11-3-6-14-12(8-11)10-4-7-15-9-10/h3-4,6-9H,2,5H2,1H3,(H,13,14). The number of thiophene rings is 1. The van der Waals surface area contributed by atoms with E-state index in [9.17, 15) is 0 Å². The third-order valence-electron chi connectivity index (χ3n) is 2.16. The number of hydrogen-bond acceptors (Lipinski definition) is 3. The Morgan fingerprint density at radius 2 is 2.33 bits per heavy atom. The Labute approximate surface area is 94.0 Å². The lowest BCUT2D eigenvalue weighted by Crippen LogP contribution is -1.99. The smallest absolute Gasteiger partial charge is 0.0730 e. The Hall–Kier alpha value is -1.35. The monoisotopic (exact) mass is 218 g/mol. The number of anilines is 1. The lowest BCUT2D eigenvalue weighted by atomic mass is 10.2. The van der Waals surface area contributed by atoms with E-state index in [2.05, 4.69) is 40.1 Å². The zero-order valence-corrected chi connectivity index (χ0v) is 9.55. The third-order valence-corrected chi connectivity index (χ3v) is 2.84. The molecule has 0 atom stereocenters. The molecule has 0 bridgehead atoms. The molecule has 0 unspecified atom stereocenters. The van der Waals surface area contributed by atoms with Gasteiger partial charge in [0, 0.05) is 29.4 Å². The number of pyridine rings is 1. The van der Waals surface area contributed by atoms with Crippen LogP contribution in [-0.4, -0.2) is 11.5 Å². The SMILES string of the molecule is CCCNc1ccnc(-c2ccsc2)c1. The minimum absolute atomic E-state index is 1.01. The first-order valence-corrected chi connectivity index (χ1v) is 6.07. The van der Waals surface area contributed by atoms with Crippen LogP contribution >= 0.6 is 11.3 Å². The van der Waals surface area contributed by atoms with Crippen LogP contribution < -0.4 is 5.32 Å². The van der Waals surface area contributed by atoms with Gasteiger partial charge >= 0.3 is 0 Å². The van der Waals surface area contributed by atoms with E-state index >= 15 is 0 Å². The van der Waals surface area contributed by atoms with Gasteiger partial charge in [0.2, 0.25) is 0 Å². The molecule has 2 aromatic heterocycles. The summed E-state index contributed by atoms with van der Waals surface area (Å²) in [7, 11) is 0. The average Bonchev–Trinajstić information content (AvgIpc) is 2.80. The molecule has 2 nitrogen and oxygen atoms in total. The summed E-state index contributed by atoms with van der Waals surface area (Å²) in [5.74, 6) is 0. The Balaban J connectivity index is 2.19. The van der Waals surface area contributed by atoms with Crippen molar-refractivity contribution in [2.75, 3.05) is 11.9 Å². The van der Waals surface area contributed by atoms with E-state index < -0.39 is 0 Å². The van der Waals surface area contributed by atoms with Crippen molar-refractivity contribution in [2.45, 2.75) is 13.3 Å². The van der Waals surface area contributed by atoms with E-state index in [1.54, 1.807) is 11.3 Å². The Kier molecular flexibility index (Phi) is 3.35. The van der Waals surface area contributed by atoms with Crippen LogP contribution in [0.15, 0.2) is 35.2 Å². The highest BCUT2D eigenvalue weighted by Gasteiger charge is 2.00. The summed E-state index contributed by atoms with van der Waals surface area (Å²) in [5.41, 5.74) is 3.38. The summed E-state index contributed by atoms with van der Waals surface area (Å²) < 4.78 is 0. The molecule has 0 aliphatic carbocycles. The second-order valence-electron chi connectivity index (χ2n) is 3.37. The van der Waals surface area contributed by atoms with E-state index in [1.165, 1.54) is 5.56 Å². The van der Waals surface area contributed by atoms with Gasteiger partial charge in [-0.25, -0.2) is 0 Å². The molecule has 15 heavy (non-hydrogen) atoms. The Morgan fingerprint density at radius 1 is 1.40 bits per heavy atom. The van der Waals surface area contributed by atoms with E-state index in [-0.39, 0.29) is 0 Å². The molecule has 0 aliphatic rings. The molecule has 0 radical (unpaired) electrons. The summed E-state index contributed by atoms with van der Waals surface area (Å²) in [5, 5.41) is 7.55. The number of nitrogens with one attached hydrogen (secondary N) is 1. The topological polar surface area (TPSA) is 24.9 Å². The van der Waals surface area contributed by atoms with E-state index in [1.807, 2.05) is 12.3 Å². The van der Waals surface area contributed by atoms with Crippen molar-refractivity contribution < 1.29 is 0 Å². The fourth-order valence-corrected chi connectivity index (χ4v) is 2.03. The van der Waals surface area contributed by atoms with E-state index in [0.29, 0.717) is 0 Å². The minimum Gasteiger partial charge on any atom is -0.385 e. The largest absolute Gasteiger partial charge is 0.385 e. The number of aromatic nitrogens is 1. The molecule has 3 heteroatoms. The second-order valence-corrected chi connectivity index (χ2v) is 4.15. The van der Waals surface area contributed by atoms with Crippen molar-refractivity contribution in [1.29, 1.82) is 0 Å². The van der Waals surface area contributed by atoms with Crippen LogP contribution in [-0.2, 0) is 0 Å². The first kappa shape index (κ1) is 10.2. The molecule has 0 spiro atoms. The summed E-state index contributed by atoms with van der Waals surface area (Å²) in [6.07, 6.45) is 2.99. The predicted molar refractivity (Wildman–Crippen MR) is 66.3 cm³/mol. The van der Waals surface area contributed by atoms with Crippen LogP contribution in [0.1, 0.15) is 13.3 Å². The Morgan fingerprint density at radius 3 is 3.07 bits per heavy atom. The van der Waals surface area contributed by atoms with Crippen molar-refractivity contribution in [3.8, 4) is 11.3 Å². The third kappa shape index (κ3) is 2.57. The highest BCUT2D eigenvalue weighted by Crippen LogP contribution is 2.22. The normalized spacial score (nSPS) is 10.2. The van der Waals surface area contributed by atoms with Gasteiger partial charge in [-0.1, -0.05) is 6.92 Å². The van der Waals surface area contributed by atoms with Crippen molar-refractivity contribution in [1.82, 2.24) is 4.98 Å². The summed E-state index contributed by atoms with van der Waals surface area (Å²) in [6, 6.07) is 6.19. The first-order chi connectivity index (χ1) is 7.40. The Bertz CT molecular complexity index is 409. The molecule has 0 saturated heterocycles. The highest BCUT2D eigenvalue weighted by atomic mass is 32.1. The maximum Gasteiger partial charge on any atom is 0.0730 e. The van der Waals surface area contributed by atoms with Gasteiger partial charge < -0.3 is 5.32 Å². The molecule has 0 amide bonds. The van der Waals surface area contributed by atoms with Crippen LogP contribution in [0.2, 0.25) is 0 Å². The van der Waals surface area contributed by atoms with Gasteiger partial charge in [0.15, 0.2) is 0 Å². The number of hydrogen-bond donors (Lipinski definition) is 1. The molecule has 78 valence electrons. The zero-order valence-electron chi connectivity index (χ0n) is 8.73. The van der Waals surface area contributed by atoms with E-state index in [0.717, 1.165) is 24.3 Å². The average molecular weight is 218 g/mol. The molecule has 0 saturated carbocycles. The second kappa shape index (κ2) is 4.94. The number of rotatable bonds is 4. The van der Waals surface area contributed by atoms with Gasteiger partial charge in [0.1, 0.15) is 0 Å². The molecule has 2 heterocycles. The first-order valence-electron chi connectivity index (χ1n) is 5.12. The molecule has 0 aliphatic heterocycles. The van der Waals surface area contributed by atoms with Gasteiger partial charge in [-0.3, -0.25) is 4.98 Å². The van der Waals surface area contributed by atoms with Gasteiger partial charge in [-0.2, -0.15) is 11.3 Å². The van der Waals surface area contributed by atoms with Crippen molar-refractivity contribution in [3.63, 3.8) is 0 Å². The van der Waals surface area contributed by atoms with Gasteiger partial charge in [0.05, 0.1) is 5.69 Å². The quantitative estimate of drug-likeness (QED) is 0.847. The van der Waals surface area contributed by atoms with E-state index in [4.69, 9.17) is 0 Å². The van der Waals surface area contributed by atoms with Crippen LogP contribution in [0, 0.1) is 0 Å². The summed E-state index contributed by atoms with van der Waals surface area (Å²) >= 11 is 1.70. The van der Waals surface area contributed by atoms with Gasteiger partial charge in [-0.05, 0) is 30.0 Å². The predicted octanol–water partition coefficient (Wildman–Crippen LogP) is 3.63. The minimum atomic E-state index is 1.01. The lowest BCUT2D eigenvalue weighted by molar-refractivity contribution is 0.979. The van der Waals surface area contributed by atoms with Crippen molar-refractivity contribution in [3.05, 3.63) is 35.2 Å². The van der Waals surface area contributed by atoms with Crippen molar-refractivity contribution >= 4 is 17.0 Å². The molecular weight excluding hydrogens is 204 g/mol. The molecule has 2 rings (SSSR count). The maximum atomic E-state index is 4.36. The van der Waals surface area contributed by atoms with Crippen molar-refractivity contribution in [2.24, 2.45) is 0 Å². The van der Waals surface area contributed by atoms with Crippen LogP contribution in [0.4, 0.5) is 5.69 Å². The summed E-state index contributed by atoms with van der Waals surface area (Å²) in [6.45, 7) is 3.17. The highest BCUT2D eigenvalue weighted by molar-refractivity contribution is 7.08. The van der Waals surface area contributed by atoms with Crippen LogP contribution in [0.5, 0.6) is 0 Å². The zero-order chi connectivity index (χ0) is 10.5. The molecule has 1 N–H and O–H groups in total. The number of nitrogens with zero attached hydrogens (tertiary/aromatic N) is 1. The van der Waals surface area contributed by atoms with Crippen LogP contribution in [0.3, 0.4) is 0 Å². The van der Waals surface area contributed by atoms with Gasteiger partial charge in [0.25, 0.3) is 0 Å². The van der Waals surface area contributed by atoms with Gasteiger partial charge in [-0.15, -0.1) is 0 Å². The molecule has 0 fully saturated rings. The molecular formula is C12H14N2S. The fraction of sp³-hybridized carbons (Fsp3) is 0.250. The molecule has 2 aromatic rings.